The summed E-state index contributed by atoms with van der Waals surface area (Å²) in [5.41, 5.74) is -5.15. The molecule has 3 aliphatic carbocycles. The predicted molar refractivity (Wildman–Crippen MR) is 178 cm³/mol. The number of benzene rings is 2. The molecule has 8 N–H and O–H groups in total. The summed E-state index contributed by atoms with van der Waals surface area (Å²) in [5, 5.41) is 63.3. The molecule has 1 saturated heterocycles. The normalized spacial score (nSPS) is 29.9. The number of aliphatic hydroxyl groups is 2. The molecule has 0 bridgehead atoms. The van der Waals surface area contributed by atoms with Crippen molar-refractivity contribution < 1.29 is 73.3 Å². The molecule has 0 saturated carbocycles. The third kappa shape index (κ3) is 5.12. The van der Waals surface area contributed by atoms with Crippen LogP contribution in [0.3, 0.4) is 0 Å². The Bertz CT molecular complexity index is 2040. The zero-order chi connectivity index (χ0) is 38.9. The number of Topliss-reactive ketones (excluding diaryl/α,β-unsaturated/α-hetero) is 3. The summed E-state index contributed by atoms with van der Waals surface area (Å²) in [4.78, 5) is 74.1. The lowest BCUT2D eigenvalue weighted by Crippen LogP contribution is -2.73. The highest BCUT2D eigenvalue weighted by atomic mass is 16.6. The molecule has 1 heterocycles. The molecule has 1 fully saturated rings. The number of carboxylic acids is 1. The molecule has 18 heteroatoms. The van der Waals surface area contributed by atoms with Gasteiger partial charge in [-0.15, -0.1) is 0 Å². The second-order valence-corrected chi connectivity index (χ2v) is 13.0. The monoisotopic (exact) mass is 739 g/mol. The maximum absolute atomic E-state index is 14.6. The van der Waals surface area contributed by atoms with Crippen LogP contribution in [0.2, 0.25) is 0 Å². The Morgan fingerprint density at radius 2 is 1.72 bits per heavy atom. The number of phenols is 2. The number of hydrogen-bond acceptors (Lipinski definition) is 17. The Kier molecular flexibility index (Phi) is 9.53. The van der Waals surface area contributed by atoms with Crippen LogP contribution in [-0.4, -0.2) is 131 Å². The maximum atomic E-state index is 14.6. The number of methoxy groups -OCH3 is 3. The van der Waals surface area contributed by atoms with Crippen molar-refractivity contribution >= 4 is 34.8 Å². The molecule has 6 rings (SSSR count). The summed E-state index contributed by atoms with van der Waals surface area (Å²) in [5.74, 6) is -8.53. The van der Waals surface area contributed by atoms with E-state index in [4.69, 9.17) is 29.5 Å². The average Bonchev–Trinajstić information content (AvgIpc) is 3.09. The van der Waals surface area contributed by atoms with Crippen LogP contribution in [0.25, 0.3) is 0 Å². The summed E-state index contributed by atoms with van der Waals surface area (Å²) in [6.07, 6.45) is -5.32. The summed E-state index contributed by atoms with van der Waals surface area (Å²) in [6.45, 7) is 3.23. The van der Waals surface area contributed by atoms with Crippen molar-refractivity contribution in [3.8, 4) is 11.5 Å². The third-order valence-corrected chi connectivity index (χ3v) is 10.2. The number of aliphatic hydroxyl groups excluding tert-OH is 1. The Morgan fingerprint density at radius 3 is 2.32 bits per heavy atom. The summed E-state index contributed by atoms with van der Waals surface area (Å²) >= 11 is 0. The number of hydrogen-bond donors (Lipinski definition) is 7. The fourth-order valence-electron chi connectivity index (χ4n) is 7.89. The second kappa shape index (κ2) is 13.4. The fraction of sp³-hybridized carbons (Fsp3) is 0.429. The van der Waals surface area contributed by atoms with E-state index in [1.165, 1.54) is 27.2 Å². The smallest absolute Gasteiger partial charge is 0.339 e. The van der Waals surface area contributed by atoms with Crippen LogP contribution in [0.4, 0.5) is 0 Å². The van der Waals surface area contributed by atoms with Crippen LogP contribution in [0.5, 0.6) is 11.5 Å². The molecule has 4 aliphatic rings. The number of phenolic OH excluding ortho intramolecular Hbond substituents is 1. The van der Waals surface area contributed by atoms with Crippen molar-refractivity contribution in [1.82, 2.24) is 5.32 Å². The van der Waals surface area contributed by atoms with Crippen LogP contribution < -0.4 is 11.1 Å². The molecule has 7 atom stereocenters. The SMILES string of the molecule is COC1/C(=N/OCCN)C(OC)C(NC2=CC(=O)c3c(cc4c(c3O)C(=O)C3(OC)C(O)Cc5cc(C)c(C(=O)O)c(O)c5C3(O)C4=O)C2=O)OC1C. The molecule has 0 spiro atoms. The van der Waals surface area contributed by atoms with Crippen LogP contribution >= 0.6 is 0 Å². The van der Waals surface area contributed by atoms with E-state index >= 15 is 0 Å². The van der Waals surface area contributed by atoms with E-state index in [0.717, 1.165) is 19.3 Å². The first-order valence-electron chi connectivity index (χ1n) is 16.3. The lowest BCUT2D eigenvalue weighted by atomic mass is 9.56. The Labute approximate surface area is 300 Å². The highest BCUT2D eigenvalue weighted by Gasteiger charge is 2.72. The van der Waals surface area contributed by atoms with Crippen LogP contribution in [0.15, 0.2) is 29.1 Å². The second-order valence-electron chi connectivity index (χ2n) is 13.0. The first-order valence-corrected chi connectivity index (χ1v) is 16.3. The number of aromatic hydroxyl groups is 2. The zero-order valence-electron chi connectivity index (χ0n) is 29.1. The maximum Gasteiger partial charge on any atom is 0.339 e. The molecule has 7 unspecified atom stereocenters. The van der Waals surface area contributed by atoms with E-state index < -0.39 is 122 Å². The van der Waals surface area contributed by atoms with Crippen molar-refractivity contribution in [2.24, 2.45) is 10.9 Å². The number of nitrogens with two attached hydrogens (primary N) is 1. The number of carboxylic acid groups (broad SMARTS) is 1. The van der Waals surface area contributed by atoms with E-state index in [2.05, 4.69) is 10.5 Å². The minimum Gasteiger partial charge on any atom is -0.507 e. The number of nitrogens with one attached hydrogen (secondary N) is 1. The molecular weight excluding hydrogens is 702 g/mol. The van der Waals surface area contributed by atoms with Crippen molar-refractivity contribution in [1.29, 1.82) is 0 Å². The van der Waals surface area contributed by atoms with E-state index in [9.17, 15) is 49.5 Å². The third-order valence-electron chi connectivity index (χ3n) is 10.2. The molecule has 53 heavy (non-hydrogen) atoms. The number of carbonyl (C=O) groups excluding carboxylic acids is 4. The number of fused-ring (bicyclic) bond motifs is 5. The molecule has 0 aromatic heterocycles. The van der Waals surface area contributed by atoms with E-state index in [0.29, 0.717) is 0 Å². The highest BCUT2D eigenvalue weighted by Crippen LogP contribution is 2.56. The first kappa shape index (κ1) is 37.7. The Balaban J connectivity index is 1.48. The van der Waals surface area contributed by atoms with Crippen LogP contribution in [0, 0.1) is 6.92 Å². The van der Waals surface area contributed by atoms with Gasteiger partial charge in [-0.1, -0.05) is 11.2 Å². The zero-order valence-corrected chi connectivity index (χ0v) is 29.1. The fourth-order valence-corrected chi connectivity index (χ4v) is 7.89. The highest BCUT2D eigenvalue weighted by molar-refractivity contribution is 6.31. The molecule has 1 aliphatic heterocycles. The van der Waals surface area contributed by atoms with E-state index in [-0.39, 0.29) is 35.7 Å². The van der Waals surface area contributed by atoms with Crippen LogP contribution in [0.1, 0.15) is 75.4 Å². The van der Waals surface area contributed by atoms with Crippen LogP contribution in [-0.2, 0) is 35.8 Å². The summed E-state index contributed by atoms with van der Waals surface area (Å²) in [7, 11) is 3.64. The standard InChI is InChI=1S/C35H37N3O15/c1-12-8-14-9-19(40)35(51-5)31(45)22-16(30(44)34(35,48)23(14)27(43)20(12)33(46)47)10-15-21(26(22)42)18(39)11-17(25(15)41)37-32-29(50-4)24(38-52-7-6-36)28(49-3)13(2)53-32/h8,10-11,13,19,28-29,32,37,40,42-43,48H,6-7,9,36H2,1-5H3,(H,46,47)/b38-24-. The van der Waals surface area contributed by atoms with Gasteiger partial charge >= 0.3 is 5.97 Å². The number of ether oxygens (including phenoxy) is 4. The van der Waals surface area contributed by atoms with E-state index in [1.807, 2.05) is 0 Å². The lowest BCUT2D eigenvalue weighted by molar-refractivity contribution is -0.181. The number of nitrogens with zero attached hydrogens (tertiary/aromatic N) is 1. The van der Waals surface area contributed by atoms with E-state index in [1.54, 1.807) is 6.92 Å². The number of carbonyl (C=O) groups is 5. The lowest BCUT2D eigenvalue weighted by Gasteiger charge is -2.52. The van der Waals surface area contributed by atoms with Crippen molar-refractivity contribution in [2.45, 2.75) is 62.1 Å². The van der Waals surface area contributed by atoms with Crippen molar-refractivity contribution in [3.63, 3.8) is 0 Å². The number of aromatic carboxylic acids is 1. The summed E-state index contributed by atoms with van der Waals surface area (Å²) in [6, 6.07) is 2.06. The first-order chi connectivity index (χ1) is 25.1. The number of rotatable bonds is 9. The van der Waals surface area contributed by atoms with Gasteiger partial charge in [0.1, 0.15) is 41.6 Å². The van der Waals surface area contributed by atoms with Gasteiger partial charge in [-0.25, -0.2) is 4.79 Å². The average molecular weight is 740 g/mol. The number of ketones is 4. The number of oxime groups is 1. The quantitative estimate of drug-likeness (QED) is 0.128. The molecule has 0 amide bonds. The van der Waals surface area contributed by atoms with Crippen molar-refractivity contribution in [3.05, 3.63) is 68.4 Å². The van der Waals surface area contributed by atoms with Crippen molar-refractivity contribution in [2.75, 3.05) is 34.5 Å². The minimum atomic E-state index is -3.29. The Morgan fingerprint density at radius 1 is 1.04 bits per heavy atom. The van der Waals surface area contributed by atoms with Gasteiger partial charge in [0.25, 0.3) is 0 Å². The van der Waals surface area contributed by atoms with Gasteiger partial charge in [0.15, 0.2) is 23.2 Å². The summed E-state index contributed by atoms with van der Waals surface area (Å²) < 4.78 is 22.6. The molecule has 18 nitrogen and oxygen atoms in total. The number of aryl methyl sites for hydroxylation is 1. The van der Waals surface area contributed by atoms with Gasteiger partial charge in [0, 0.05) is 57.1 Å². The molecule has 2 aromatic carbocycles. The topological polar surface area (TPSA) is 283 Å². The Hall–Kier alpha value is -5.08. The van der Waals surface area contributed by atoms with Gasteiger partial charge < -0.3 is 60.4 Å². The molecule has 0 radical (unpaired) electrons. The van der Waals surface area contributed by atoms with Gasteiger partial charge in [-0.05, 0) is 31.0 Å². The predicted octanol–water partition coefficient (Wildman–Crippen LogP) is -0.368. The molecular formula is C35H37N3O15. The largest absolute Gasteiger partial charge is 0.507 e. The van der Waals surface area contributed by atoms with Gasteiger partial charge in [-0.3, -0.25) is 19.2 Å². The minimum absolute atomic E-state index is 0.0263. The van der Waals surface area contributed by atoms with Gasteiger partial charge in [-0.2, -0.15) is 0 Å². The molecule has 2 aromatic rings. The van der Waals surface area contributed by atoms with Gasteiger partial charge in [0.05, 0.1) is 29.0 Å². The van der Waals surface area contributed by atoms with Gasteiger partial charge in [0.2, 0.25) is 17.3 Å². The number of allylic oxidation sites excluding steroid dienone is 2. The molecule has 282 valence electrons.